The van der Waals surface area contributed by atoms with Crippen molar-refractivity contribution in [2.24, 2.45) is 0 Å². The van der Waals surface area contributed by atoms with E-state index in [1.165, 1.54) is 7.05 Å². The minimum atomic E-state index is -0.581. The van der Waals surface area contributed by atoms with Crippen molar-refractivity contribution in [3.63, 3.8) is 0 Å². The number of carbonyl (C=O) groups excluding carboxylic acids is 2. The summed E-state index contributed by atoms with van der Waals surface area (Å²) in [4.78, 5) is 23.1. The lowest BCUT2D eigenvalue weighted by molar-refractivity contribution is -0.122. The van der Waals surface area contributed by atoms with E-state index in [2.05, 4.69) is 35.1 Å². The largest absolute Gasteiger partial charge is 0.357 e. The average molecular weight is 292 g/mol. The van der Waals surface area contributed by atoms with Gasteiger partial charge >= 0.3 is 6.03 Å². The van der Waals surface area contributed by atoms with Crippen molar-refractivity contribution in [1.29, 1.82) is 0 Å². The second-order valence-corrected chi connectivity index (χ2v) is 4.84. The summed E-state index contributed by atoms with van der Waals surface area (Å²) in [5.74, 6) is -0.236. The highest BCUT2D eigenvalue weighted by molar-refractivity contribution is 5.93. The quantitative estimate of drug-likeness (QED) is 0.643. The SMILES string of the molecule is CCNC(C)c1ccc(NC(=O)NC(C)C(=O)NC)cc1. The van der Waals surface area contributed by atoms with Crippen molar-refractivity contribution >= 4 is 17.6 Å². The Morgan fingerprint density at radius 3 is 2.29 bits per heavy atom. The van der Waals surface area contributed by atoms with Gasteiger partial charge in [0.05, 0.1) is 0 Å². The molecular weight excluding hydrogens is 268 g/mol. The molecule has 1 aromatic rings. The van der Waals surface area contributed by atoms with Crippen LogP contribution in [0.3, 0.4) is 0 Å². The summed E-state index contributed by atoms with van der Waals surface area (Å²) in [6.45, 7) is 6.68. The second kappa shape index (κ2) is 8.26. The Morgan fingerprint density at radius 1 is 1.14 bits per heavy atom. The van der Waals surface area contributed by atoms with Crippen LogP contribution in [-0.4, -0.2) is 31.6 Å². The molecule has 0 bridgehead atoms. The molecule has 6 nitrogen and oxygen atoms in total. The molecule has 0 aliphatic heterocycles. The van der Waals surface area contributed by atoms with Crippen molar-refractivity contribution < 1.29 is 9.59 Å². The summed E-state index contributed by atoms with van der Waals surface area (Å²) < 4.78 is 0. The average Bonchev–Trinajstić information content (AvgIpc) is 2.47. The van der Waals surface area contributed by atoms with Crippen LogP contribution in [0, 0.1) is 0 Å². The summed E-state index contributed by atoms with van der Waals surface area (Å²) in [6.07, 6.45) is 0. The third-order valence-corrected chi connectivity index (χ3v) is 3.17. The lowest BCUT2D eigenvalue weighted by atomic mass is 10.1. The van der Waals surface area contributed by atoms with Gasteiger partial charge in [0.15, 0.2) is 0 Å². The first kappa shape index (κ1) is 17.0. The molecule has 2 unspecified atom stereocenters. The Hall–Kier alpha value is -2.08. The van der Waals surface area contributed by atoms with Crippen LogP contribution in [0.4, 0.5) is 10.5 Å². The highest BCUT2D eigenvalue weighted by atomic mass is 16.2. The van der Waals surface area contributed by atoms with Crippen molar-refractivity contribution in [2.75, 3.05) is 18.9 Å². The van der Waals surface area contributed by atoms with E-state index >= 15 is 0 Å². The van der Waals surface area contributed by atoms with Gasteiger partial charge in [-0.2, -0.15) is 0 Å². The number of hydrogen-bond acceptors (Lipinski definition) is 3. The van der Waals surface area contributed by atoms with Gasteiger partial charge in [0.1, 0.15) is 6.04 Å². The fourth-order valence-electron chi connectivity index (χ4n) is 1.93. The minimum Gasteiger partial charge on any atom is -0.357 e. The first-order valence-corrected chi connectivity index (χ1v) is 7.10. The molecule has 2 atom stereocenters. The van der Waals surface area contributed by atoms with E-state index in [-0.39, 0.29) is 11.9 Å². The Kier molecular flexibility index (Phi) is 6.68. The Bertz CT molecular complexity index is 473. The Morgan fingerprint density at radius 2 is 1.76 bits per heavy atom. The molecule has 0 aliphatic carbocycles. The number of hydrogen-bond donors (Lipinski definition) is 4. The molecule has 1 aromatic carbocycles. The van der Waals surface area contributed by atoms with Gasteiger partial charge < -0.3 is 21.3 Å². The predicted octanol–water partition coefficient (Wildman–Crippen LogP) is 1.61. The molecule has 6 heteroatoms. The summed E-state index contributed by atoms with van der Waals surface area (Å²) in [5, 5.41) is 11.1. The molecule has 0 aromatic heterocycles. The van der Waals surface area contributed by atoms with Crippen LogP contribution in [0.2, 0.25) is 0 Å². The molecule has 3 amide bonds. The Labute approximate surface area is 125 Å². The lowest BCUT2D eigenvalue weighted by Crippen LogP contribution is -2.45. The molecule has 21 heavy (non-hydrogen) atoms. The van der Waals surface area contributed by atoms with Crippen LogP contribution in [-0.2, 0) is 4.79 Å². The molecule has 0 saturated carbocycles. The van der Waals surface area contributed by atoms with E-state index in [1.54, 1.807) is 6.92 Å². The van der Waals surface area contributed by atoms with E-state index in [0.29, 0.717) is 5.69 Å². The topological polar surface area (TPSA) is 82.3 Å². The standard InChI is InChI=1S/C15H24N4O2/c1-5-17-10(2)12-6-8-13(9-7-12)19-15(21)18-11(3)14(20)16-4/h6-11,17H,5H2,1-4H3,(H,16,20)(H2,18,19,21). The predicted molar refractivity (Wildman–Crippen MR) is 84.2 cm³/mol. The molecular formula is C15H24N4O2. The summed E-state index contributed by atoms with van der Waals surface area (Å²) in [6, 6.07) is 6.89. The van der Waals surface area contributed by atoms with E-state index in [4.69, 9.17) is 0 Å². The zero-order valence-electron chi connectivity index (χ0n) is 13.0. The second-order valence-electron chi connectivity index (χ2n) is 4.84. The lowest BCUT2D eigenvalue weighted by Gasteiger charge is -2.15. The first-order valence-electron chi connectivity index (χ1n) is 7.10. The van der Waals surface area contributed by atoms with Crippen LogP contribution in [0.25, 0.3) is 0 Å². The fourth-order valence-corrected chi connectivity index (χ4v) is 1.93. The van der Waals surface area contributed by atoms with Gasteiger partial charge in [-0.05, 0) is 38.1 Å². The van der Waals surface area contributed by atoms with Crippen molar-refractivity contribution in [2.45, 2.75) is 32.9 Å². The Balaban J connectivity index is 2.55. The molecule has 4 N–H and O–H groups in total. The maximum absolute atomic E-state index is 11.7. The van der Waals surface area contributed by atoms with Crippen LogP contribution >= 0.6 is 0 Å². The van der Waals surface area contributed by atoms with Gasteiger partial charge in [0.25, 0.3) is 0 Å². The molecule has 0 saturated heterocycles. The highest BCUT2D eigenvalue weighted by Crippen LogP contribution is 2.15. The maximum Gasteiger partial charge on any atom is 0.319 e. The van der Waals surface area contributed by atoms with Crippen LogP contribution in [0.1, 0.15) is 32.4 Å². The highest BCUT2D eigenvalue weighted by Gasteiger charge is 2.13. The minimum absolute atomic E-state index is 0.236. The number of likely N-dealkylation sites (N-methyl/N-ethyl adjacent to an activating group) is 1. The molecule has 1 rings (SSSR count). The van der Waals surface area contributed by atoms with Gasteiger partial charge in [0.2, 0.25) is 5.91 Å². The number of rotatable bonds is 6. The fraction of sp³-hybridized carbons (Fsp3) is 0.467. The molecule has 0 spiro atoms. The summed E-state index contributed by atoms with van der Waals surface area (Å²) in [5.41, 5.74) is 1.84. The molecule has 116 valence electrons. The third-order valence-electron chi connectivity index (χ3n) is 3.17. The number of amides is 3. The monoisotopic (exact) mass is 292 g/mol. The molecule has 0 radical (unpaired) electrons. The normalized spacial score (nSPS) is 13.1. The van der Waals surface area contributed by atoms with Gasteiger partial charge in [0, 0.05) is 18.8 Å². The van der Waals surface area contributed by atoms with Crippen LogP contribution < -0.4 is 21.3 Å². The van der Waals surface area contributed by atoms with Crippen molar-refractivity contribution in [3.8, 4) is 0 Å². The maximum atomic E-state index is 11.7. The van der Waals surface area contributed by atoms with E-state index in [9.17, 15) is 9.59 Å². The number of benzene rings is 1. The first-order chi connectivity index (χ1) is 9.97. The van der Waals surface area contributed by atoms with Gasteiger partial charge in [-0.15, -0.1) is 0 Å². The molecule has 0 heterocycles. The number of anilines is 1. The van der Waals surface area contributed by atoms with Crippen molar-refractivity contribution in [1.82, 2.24) is 16.0 Å². The number of nitrogens with one attached hydrogen (secondary N) is 4. The van der Waals surface area contributed by atoms with Crippen molar-refractivity contribution in [3.05, 3.63) is 29.8 Å². The van der Waals surface area contributed by atoms with E-state index in [1.807, 2.05) is 24.3 Å². The van der Waals surface area contributed by atoms with Gasteiger partial charge in [-0.1, -0.05) is 19.1 Å². The smallest absolute Gasteiger partial charge is 0.319 e. The van der Waals surface area contributed by atoms with E-state index in [0.717, 1.165) is 12.1 Å². The van der Waals surface area contributed by atoms with E-state index < -0.39 is 12.1 Å². The van der Waals surface area contributed by atoms with Crippen LogP contribution in [0.15, 0.2) is 24.3 Å². The summed E-state index contributed by atoms with van der Waals surface area (Å²) >= 11 is 0. The van der Waals surface area contributed by atoms with Gasteiger partial charge in [-0.3, -0.25) is 4.79 Å². The summed E-state index contributed by atoms with van der Waals surface area (Å²) in [7, 11) is 1.53. The number of carbonyl (C=O) groups is 2. The zero-order chi connectivity index (χ0) is 15.8. The molecule has 0 aliphatic rings. The molecule has 0 fully saturated rings. The number of urea groups is 1. The zero-order valence-corrected chi connectivity index (χ0v) is 13.0. The third kappa shape index (κ3) is 5.43. The van der Waals surface area contributed by atoms with Crippen LogP contribution in [0.5, 0.6) is 0 Å². The van der Waals surface area contributed by atoms with Gasteiger partial charge in [-0.25, -0.2) is 4.79 Å².